The predicted molar refractivity (Wildman–Crippen MR) is 98.0 cm³/mol. The Labute approximate surface area is 148 Å². The third kappa shape index (κ3) is 3.70. The van der Waals surface area contributed by atoms with Crippen molar-refractivity contribution >= 4 is 23.1 Å². The van der Waals surface area contributed by atoms with Crippen LogP contribution in [0.5, 0.6) is 0 Å². The SMILES string of the molecule is CCOC(=O)C1CC=C(c2ccccc2)CC1c1ccc(Cl)cc1. The maximum Gasteiger partial charge on any atom is 0.309 e. The molecule has 0 N–H and O–H groups in total. The largest absolute Gasteiger partial charge is 0.466 e. The van der Waals surface area contributed by atoms with Crippen molar-refractivity contribution in [1.29, 1.82) is 0 Å². The van der Waals surface area contributed by atoms with Crippen molar-refractivity contribution in [3.63, 3.8) is 0 Å². The Hall–Kier alpha value is -2.06. The second-order valence-electron chi connectivity index (χ2n) is 6.05. The zero-order valence-corrected chi connectivity index (χ0v) is 14.5. The van der Waals surface area contributed by atoms with Gasteiger partial charge in [-0.25, -0.2) is 0 Å². The van der Waals surface area contributed by atoms with Gasteiger partial charge in [0.1, 0.15) is 0 Å². The highest BCUT2D eigenvalue weighted by Gasteiger charge is 2.33. The molecule has 24 heavy (non-hydrogen) atoms. The molecule has 0 aromatic heterocycles. The number of halogens is 1. The summed E-state index contributed by atoms with van der Waals surface area (Å²) in [5.41, 5.74) is 3.65. The second-order valence-corrected chi connectivity index (χ2v) is 6.49. The van der Waals surface area contributed by atoms with E-state index in [0.29, 0.717) is 18.1 Å². The van der Waals surface area contributed by atoms with Crippen LogP contribution < -0.4 is 0 Å². The standard InChI is InChI=1S/C21H21ClO2/c1-2-24-21(23)19-13-10-17(15-6-4-3-5-7-15)14-20(19)16-8-11-18(22)12-9-16/h3-12,19-20H,2,13-14H2,1H3. The van der Waals surface area contributed by atoms with E-state index in [2.05, 4.69) is 18.2 Å². The maximum atomic E-state index is 12.4. The van der Waals surface area contributed by atoms with Gasteiger partial charge in [0, 0.05) is 10.9 Å². The molecule has 2 aromatic rings. The van der Waals surface area contributed by atoms with E-state index in [1.54, 1.807) is 0 Å². The van der Waals surface area contributed by atoms with Gasteiger partial charge >= 0.3 is 5.97 Å². The average molecular weight is 341 g/mol. The molecule has 0 bridgehead atoms. The fourth-order valence-electron chi connectivity index (χ4n) is 3.35. The molecule has 0 saturated carbocycles. The van der Waals surface area contributed by atoms with E-state index in [0.717, 1.165) is 12.0 Å². The predicted octanol–water partition coefficient (Wildman–Crippen LogP) is 5.48. The molecule has 0 aliphatic heterocycles. The van der Waals surface area contributed by atoms with Crippen molar-refractivity contribution in [3.05, 3.63) is 76.8 Å². The molecule has 0 radical (unpaired) electrons. The molecule has 124 valence electrons. The summed E-state index contributed by atoms with van der Waals surface area (Å²) < 4.78 is 5.30. The molecule has 0 heterocycles. The number of benzene rings is 2. The van der Waals surface area contributed by atoms with Crippen LogP contribution in [-0.4, -0.2) is 12.6 Å². The number of carbonyl (C=O) groups excluding carboxylic acids is 1. The van der Waals surface area contributed by atoms with Crippen molar-refractivity contribution in [2.45, 2.75) is 25.7 Å². The van der Waals surface area contributed by atoms with Crippen molar-refractivity contribution < 1.29 is 9.53 Å². The van der Waals surface area contributed by atoms with E-state index < -0.39 is 0 Å². The monoisotopic (exact) mass is 340 g/mol. The lowest BCUT2D eigenvalue weighted by molar-refractivity contribution is -0.148. The van der Waals surface area contributed by atoms with Crippen molar-refractivity contribution in [3.8, 4) is 0 Å². The van der Waals surface area contributed by atoms with E-state index in [4.69, 9.17) is 16.3 Å². The van der Waals surface area contributed by atoms with E-state index in [9.17, 15) is 4.79 Å². The Kier molecular flexibility index (Phi) is 5.37. The Morgan fingerprint density at radius 3 is 2.50 bits per heavy atom. The maximum absolute atomic E-state index is 12.4. The van der Waals surface area contributed by atoms with Gasteiger partial charge < -0.3 is 4.74 Å². The number of allylic oxidation sites excluding steroid dienone is 2. The minimum absolute atomic E-state index is 0.110. The van der Waals surface area contributed by atoms with E-state index in [1.165, 1.54) is 11.1 Å². The fourth-order valence-corrected chi connectivity index (χ4v) is 3.48. The highest BCUT2D eigenvalue weighted by Crippen LogP contribution is 2.41. The molecule has 2 unspecified atom stereocenters. The molecule has 0 amide bonds. The number of ether oxygens (including phenoxy) is 1. The quantitative estimate of drug-likeness (QED) is 0.689. The molecule has 0 saturated heterocycles. The summed E-state index contributed by atoms with van der Waals surface area (Å²) >= 11 is 6.02. The molecule has 1 aliphatic rings. The van der Waals surface area contributed by atoms with Crippen LogP contribution in [0, 0.1) is 5.92 Å². The van der Waals surface area contributed by atoms with Gasteiger partial charge in [0.25, 0.3) is 0 Å². The summed E-state index contributed by atoms with van der Waals surface area (Å²) in [6, 6.07) is 18.2. The van der Waals surface area contributed by atoms with Crippen LogP contribution in [0.4, 0.5) is 0 Å². The van der Waals surface area contributed by atoms with E-state index in [1.807, 2.05) is 49.4 Å². The smallest absolute Gasteiger partial charge is 0.309 e. The molecule has 3 rings (SSSR count). The summed E-state index contributed by atoms with van der Waals surface area (Å²) in [4.78, 5) is 12.4. The van der Waals surface area contributed by atoms with E-state index in [-0.39, 0.29) is 17.8 Å². The molecule has 2 nitrogen and oxygen atoms in total. The summed E-state index contributed by atoms with van der Waals surface area (Å²) in [6.45, 7) is 2.27. The van der Waals surface area contributed by atoms with Crippen molar-refractivity contribution in [1.82, 2.24) is 0 Å². The first-order valence-corrected chi connectivity index (χ1v) is 8.73. The van der Waals surface area contributed by atoms with Crippen LogP contribution in [0.1, 0.15) is 36.8 Å². The van der Waals surface area contributed by atoms with Crippen LogP contribution in [0.15, 0.2) is 60.7 Å². The van der Waals surface area contributed by atoms with Crippen LogP contribution in [0.3, 0.4) is 0 Å². The number of carbonyl (C=O) groups is 1. The topological polar surface area (TPSA) is 26.3 Å². The molecule has 3 heteroatoms. The molecule has 0 spiro atoms. The van der Waals surface area contributed by atoms with Crippen LogP contribution in [0.25, 0.3) is 5.57 Å². The normalized spacial score (nSPS) is 20.3. The zero-order valence-electron chi connectivity index (χ0n) is 13.7. The molecule has 0 fully saturated rings. The fraction of sp³-hybridized carbons (Fsp3) is 0.286. The minimum Gasteiger partial charge on any atom is -0.466 e. The van der Waals surface area contributed by atoms with Gasteiger partial charge in [0.15, 0.2) is 0 Å². The summed E-state index contributed by atoms with van der Waals surface area (Å²) in [5.74, 6) is -0.138. The first-order chi connectivity index (χ1) is 11.7. The summed E-state index contributed by atoms with van der Waals surface area (Å²) in [6.07, 6.45) is 3.72. The van der Waals surface area contributed by atoms with Crippen LogP contribution in [-0.2, 0) is 9.53 Å². The number of hydrogen-bond donors (Lipinski definition) is 0. The van der Waals surface area contributed by atoms with Gasteiger partial charge in [-0.15, -0.1) is 0 Å². The Balaban J connectivity index is 1.92. The van der Waals surface area contributed by atoms with Gasteiger partial charge in [-0.05, 0) is 48.6 Å². The molecule has 1 aliphatic carbocycles. The first-order valence-electron chi connectivity index (χ1n) is 8.35. The van der Waals surface area contributed by atoms with Gasteiger partial charge in [-0.2, -0.15) is 0 Å². The van der Waals surface area contributed by atoms with Gasteiger partial charge in [-0.3, -0.25) is 4.79 Å². The Morgan fingerprint density at radius 2 is 1.83 bits per heavy atom. The minimum atomic E-state index is -0.140. The third-order valence-corrected chi connectivity index (χ3v) is 4.83. The van der Waals surface area contributed by atoms with Gasteiger partial charge in [-0.1, -0.05) is 60.1 Å². The lowest BCUT2D eigenvalue weighted by atomic mass is 9.74. The zero-order chi connectivity index (χ0) is 16.9. The van der Waals surface area contributed by atoms with Crippen LogP contribution >= 0.6 is 11.6 Å². The first kappa shape index (κ1) is 16.8. The van der Waals surface area contributed by atoms with Gasteiger partial charge in [0.05, 0.1) is 12.5 Å². The molecular formula is C21H21ClO2. The van der Waals surface area contributed by atoms with Crippen molar-refractivity contribution in [2.24, 2.45) is 5.92 Å². The molecule has 2 aromatic carbocycles. The Bertz CT molecular complexity index is 719. The third-order valence-electron chi connectivity index (χ3n) is 4.58. The van der Waals surface area contributed by atoms with Gasteiger partial charge in [0.2, 0.25) is 0 Å². The number of hydrogen-bond acceptors (Lipinski definition) is 2. The average Bonchev–Trinajstić information content (AvgIpc) is 2.63. The highest BCUT2D eigenvalue weighted by molar-refractivity contribution is 6.30. The number of esters is 1. The summed E-state index contributed by atoms with van der Waals surface area (Å²) in [5, 5.41) is 0.709. The Morgan fingerprint density at radius 1 is 1.12 bits per heavy atom. The number of rotatable bonds is 4. The van der Waals surface area contributed by atoms with Crippen molar-refractivity contribution in [2.75, 3.05) is 6.61 Å². The highest BCUT2D eigenvalue weighted by atomic mass is 35.5. The molecular weight excluding hydrogens is 320 g/mol. The lowest BCUT2D eigenvalue weighted by Gasteiger charge is -2.30. The summed E-state index contributed by atoms with van der Waals surface area (Å²) in [7, 11) is 0. The van der Waals surface area contributed by atoms with Crippen LogP contribution in [0.2, 0.25) is 5.02 Å². The lowest BCUT2D eigenvalue weighted by Crippen LogP contribution is -2.27. The second kappa shape index (κ2) is 7.67. The molecule has 2 atom stereocenters. The van der Waals surface area contributed by atoms with E-state index >= 15 is 0 Å².